The van der Waals surface area contributed by atoms with Gasteiger partial charge in [-0.15, -0.1) is 11.3 Å². The van der Waals surface area contributed by atoms with Gasteiger partial charge in [0, 0.05) is 28.6 Å². The van der Waals surface area contributed by atoms with Gasteiger partial charge in [-0.3, -0.25) is 9.36 Å². The fourth-order valence-corrected chi connectivity index (χ4v) is 6.99. The number of rotatable bonds is 5. The molecule has 1 fully saturated rings. The van der Waals surface area contributed by atoms with Crippen molar-refractivity contribution in [3.8, 4) is 5.75 Å². The van der Waals surface area contributed by atoms with Crippen molar-refractivity contribution in [3.63, 3.8) is 0 Å². The molecule has 170 valence electrons. The predicted octanol–water partition coefficient (Wildman–Crippen LogP) is 4.01. The van der Waals surface area contributed by atoms with Gasteiger partial charge in [0.25, 0.3) is 5.56 Å². The number of aromatic nitrogens is 2. The molecule has 0 amide bonds. The molecular formula is C26H27N3O3S. The van der Waals surface area contributed by atoms with Crippen LogP contribution < -0.4 is 21.3 Å². The van der Waals surface area contributed by atoms with Crippen LogP contribution in [0.15, 0.2) is 52.1 Å². The summed E-state index contributed by atoms with van der Waals surface area (Å²) >= 11 is 1.45. The molecule has 1 aliphatic heterocycles. The first kappa shape index (κ1) is 20.7. The molecule has 33 heavy (non-hydrogen) atoms. The van der Waals surface area contributed by atoms with Gasteiger partial charge in [-0.2, -0.15) is 0 Å². The van der Waals surface area contributed by atoms with E-state index in [0.29, 0.717) is 35.2 Å². The lowest BCUT2D eigenvalue weighted by Gasteiger charge is -2.32. The maximum atomic E-state index is 13.2. The Kier molecular flexibility index (Phi) is 5.11. The number of thiophene rings is 1. The second-order valence-electron chi connectivity index (χ2n) is 9.07. The first-order chi connectivity index (χ1) is 16.2. The molecule has 1 aliphatic carbocycles. The summed E-state index contributed by atoms with van der Waals surface area (Å²) < 4.78 is 8.92. The van der Waals surface area contributed by atoms with Crippen LogP contribution in [0.25, 0.3) is 20.3 Å². The lowest BCUT2D eigenvalue weighted by molar-refractivity contribution is 0.326. The predicted molar refractivity (Wildman–Crippen MR) is 133 cm³/mol. The zero-order valence-electron chi connectivity index (χ0n) is 18.6. The van der Waals surface area contributed by atoms with Crippen LogP contribution in [0.4, 0.5) is 0 Å². The number of nitrogens with zero attached hydrogens (tertiary/aromatic N) is 1. The lowest BCUT2D eigenvalue weighted by atomic mass is 9.73. The van der Waals surface area contributed by atoms with E-state index in [0.717, 1.165) is 41.6 Å². The normalized spacial score (nSPS) is 21.9. The summed E-state index contributed by atoms with van der Waals surface area (Å²) in [6.45, 7) is 4.07. The van der Waals surface area contributed by atoms with E-state index in [4.69, 9.17) is 4.74 Å². The molecule has 3 heterocycles. The molecule has 2 aromatic heterocycles. The Balaban J connectivity index is 1.31. The van der Waals surface area contributed by atoms with Crippen LogP contribution in [0.2, 0.25) is 0 Å². The number of hydrogen-bond acceptors (Lipinski definition) is 5. The van der Waals surface area contributed by atoms with Gasteiger partial charge in [-0.05, 0) is 61.9 Å². The second-order valence-corrected chi connectivity index (χ2v) is 10.1. The Morgan fingerprint density at radius 3 is 2.91 bits per heavy atom. The van der Waals surface area contributed by atoms with Gasteiger partial charge < -0.3 is 15.0 Å². The van der Waals surface area contributed by atoms with E-state index in [2.05, 4.69) is 28.5 Å². The van der Waals surface area contributed by atoms with Gasteiger partial charge in [0.2, 0.25) is 0 Å². The molecular weight excluding hydrogens is 434 g/mol. The minimum atomic E-state index is -0.326. The highest BCUT2D eigenvalue weighted by molar-refractivity contribution is 7.25. The molecule has 1 unspecified atom stereocenters. The Morgan fingerprint density at radius 1 is 1.15 bits per heavy atom. The molecule has 6 rings (SSSR count). The molecule has 4 aromatic rings. The largest absolute Gasteiger partial charge is 0.494 e. The maximum Gasteiger partial charge on any atom is 0.328 e. The van der Waals surface area contributed by atoms with E-state index < -0.39 is 0 Å². The fraction of sp³-hybridized carbons (Fsp3) is 0.385. The van der Waals surface area contributed by atoms with Crippen molar-refractivity contribution in [1.29, 1.82) is 0 Å². The van der Waals surface area contributed by atoms with Crippen molar-refractivity contribution < 1.29 is 4.74 Å². The van der Waals surface area contributed by atoms with Gasteiger partial charge in [-0.1, -0.05) is 30.3 Å². The molecule has 6 nitrogen and oxygen atoms in total. The summed E-state index contributed by atoms with van der Waals surface area (Å²) in [5.41, 5.74) is 2.84. The van der Waals surface area contributed by atoms with E-state index in [1.54, 1.807) is 0 Å². The zero-order chi connectivity index (χ0) is 22.5. The summed E-state index contributed by atoms with van der Waals surface area (Å²) in [7, 11) is 0. The van der Waals surface area contributed by atoms with Crippen LogP contribution >= 0.6 is 11.3 Å². The summed E-state index contributed by atoms with van der Waals surface area (Å²) in [5.74, 6) is 1.97. The zero-order valence-corrected chi connectivity index (χ0v) is 19.4. The third-order valence-electron chi connectivity index (χ3n) is 7.35. The third-order valence-corrected chi connectivity index (χ3v) is 8.51. The molecule has 2 aliphatic rings. The summed E-state index contributed by atoms with van der Waals surface area (Å²) in [4.78, 5) is 29.1. The van der Waals surface area contributed by atoms with Gasteiger partial charge in [-0.25, -0.2) is 4.79 Å². The van der Waals surface area contributed by atoms with Crippen LogP contribution in [0.1, 0.15) is 36.8 Å². The molecule has 0 radical (unpaired) electrons. The highest BCUT2D eigenvalue weighted by Crippen LogP contribution is 2.45. The smallest absolute Gasteiger partial charge is 0.328 e. The van der Waals surface area contributed by atoms with Gasteiger partial charge in [0.1, 0.15) is 10.4 Å². The topological polar surface area (TPSA) is 76.1 Å². The van der Waals surface area contributed by atoms with Crippen LogP contribution in [0.5, 0.6) is 5.75 Å². The minimum Gasteiger partial charge on any atom is -0.494 e. The lowest BCUT2D eigenvalue weighted by Crippen LogP contribution is -2.37. The molecule has 1 saturated heterocycles. The molecule has 7 heteroatoms. The van der Waals surface area contributed by atoms with Crippen LogP contribution in [-0.2, 0) is 13.0 Å². The first-order valence-electron chi connectivity index (χ1n) is 11.8. The van der Waals surface area contributed by atoms with E-state index >= 15 is 0 Å². The number of hydrogen-bond donors (Lipinski definition) is 2. The van der Waals surface area contributed by atoms with Crippen molar-refractivity contribution in [2.75, 3.05) is 13.2 Å². The van der Waals surface area contributed by atoms with E-state index in [9.17, 15) is 9.59 Å². The van der Waals surface area contributed by atoms with Crippen LogP contribution in [0.3, 0.4) is 0 Å². The monoisotopic (exact) mass is 461 g/mol. The van der Waals surface area contributed by atoms with E-state index in [1.807, 2.05) is 31.2 Å². The number of benzene rings is 2. The van der Waals surface area contributed by atoms with Gasteiger partial charge >= 0.3 is 5.69 Å². The average molecular weight is 462 g/mol. The summed E-state index contributed by atoms with van der Waals surface area (Å²) in [5, 5.41) is 4.63. The summed E-state index contributed by atoms with van der Waals surface area (Å²) in [6, 6.07) is 14.4. The molecule has 2 aromatic carbocycles. The van der Waals surface area contributed by atoms with Crippen molar-refractivity contribution in [2.24, 2.45) is 5.92 Å². The van der Waals surface area contributed by atoms with Gasteiger partial charge in [0.05, 0.1) is 12.1 Å². The van der Waals surface area contributed by atoms with Crippen molar-refractivity contribution in [1.82, 2.24) is 14.9 Å². The quantitative estimate of drug-likeness (QED) is 0.471. The maximum absolute atomic E-state index is 13.2. The molecule has 0 bridgehead atoms. The third kappa shape index (κ3) is 3.33. The SMILES string of the molecule is CCOc1cccc2c1CC[C@H]1CNC(CCn3c(=O)[nH]c4c(sc5ccccc54)c3=O)[C@@H]21. The highest BCUT2D eigenvalue weighted by atomic mass is 32.1. The van der Waals surface area contributed by atoms with Gasteiger partial charge in [0.15, 0.2) is 0 Å². The first-order valence-corrected chi connectivity index (χ1v) is 12.6. The molecule has 2 N–H and O–H groups in total. The van der Waals surface area contributed by atoms with Crippen LogP contribution in [0, 0.1) is 5.92 Å². The van der Waals surface area contributed by atoms with E-state index in [-0.39, 0.29) is 17.3 Å². The number of fused-ring (bicyclic) bond motifs is 6. The second kappa shape index (κ2) is 8.15. The van der Waals surface area contributed by atoms with Crippen LogP contribution in [-0.4, -0.2) is 28.7 Å². The molecule has 0 saturated carbocycles. The molecule has 0 spiro atoms. The Labute approximate surface area is 195 Å². The highest BCUT2D eigenvalue weighted by Gasteiger charge is 2.40. The van der Waals surface area contributed by atoms with Crippen molar-refractivity contribution in [2.45, 2.75) is 44.7 Å². The fourth-order valence-electron chi connectivity index (χ4n) is 5.88. The van der Waals surface area contributed by atoms with E-state index in [1.165, 1.54) is 27.0 Å². The summed E-state index contributed by atoms with van der Waals surface area (Å²) in [6.07, 6.45) is 2.92. The average Bonchev–Trinajstić information content (AvgIpc) is 3.41. The standard InChI is InChI=1S/C26H27N3O3S/c1-2-32-20-8-5-7-17-16(20)11-10-15-14-27-19(22(15)17)12-13-29-25(30)24-23(28-26(29)31)18-6-3-4-9-21(18)33-24/h3-9,15,19,22,27H,2,10-14H2,1H3,(H,28,31)/t15-,19?,22+/m0/s1. The van der Waals surface area contributed by atoms with Crippen molar-refractivity contribution in [3.05, 3.63) is 74.4 Å². The number of aromatic amines is 1. The number of H-pyrrole nitrogens is 1. The number of nitrogens with one attached hydrogen (secondary N) is 2. The Bertz CT molecular complexity index is 1470. The Morgan fingerprint density at radius 2 is 2.03 bits per heavy atom. The minimum absolute atomic E-state index is 0.188. The number of ether oxygens (including phenoxy) is 1. The Hall–Kier alpha value is -2.90. The molecule has 3 atom stereocenters. The van der Waals surface area contributed by atoms with Crippen molar-refractivity contribution >= 4 is 31.6 Å².